The predicted octanol–water partition coefficient (Wildman–Crippen LogP) is 4.19. The third-order valence-electron chi connectivity index (χ3n) is 4.83. The molecule has 2 heterocycles. The number of anilines is 1. The SMILES string of the molecule is CC(C)(C)OC(=O)NCc1ccc(NC(=O)c2csnn2)cc1.O=C(NCc1ccc([N+](=O)[O-])cc1)c1csnn1. The van der Waals surface area contributed by atoms with Crippen LogP contribution in [0.2, 0.25) is 0 Å². The van der Waals surface area contributed by atoms with E-state index in [-0.39, 0.29) is 35.4 Å². The van der Waals surface area contributed by atoms with E-state index in [9.17, 15) is 24.5 Å². The van der Waals surface area contributed by atoms with E-state index in [0.29, 0.717) is 12.2 Å². The third kappa shape index (κ3) is 10.7. The van der Waals surface area contributed by atoms with Gasteiger partial charge in [0.05, 0.1) is 4.92 Å². The van der Waals surface area contributed by atoms with Gasteiger partial charge in [0, 0.05) is 41.7 Å². The predicted molar refractivity (Wildman–Crippen MR) is 152 cm³/mol. The maximum Gasteiger partial charge on any atom is 0.407 e. The number of carbonyl (C=O) groups is 3. The van der Waals surface area contributed by atoms with Crippen molar-refractivity contribution in [2.75, 3.05) is 5.32 Å². The van der Waals surface area contributed by atoms with Gasteiger partial charge in [-0.25, -0.2) is 4.79 Å². The van der Waals surface area contributed by atoms with Crippen molar-refractivity contribution in [1.29, 1.82) is 0 Å². The van der Waals surface area contributed by atoms with Crippen LogP contribution in [0.15, 0.2) is 59.3 Å². The number of alkyl carbamates (subject to hydrolysis) is 1. The number of nitro benzene ring substituents is 1. The molecular weight excluding hydrogens is 572 g/mol. The average Bonchev–Trinajstić information content (AvgIpc) is 3.66. The first kappa shape index (κ1) is 30.7. The van der Waals surface area contributed by atoms with Crippen LogP contribution in [0.5, 0.6) is 0 Å². The number of rotatable bonds is 8. The molecule has 0 fully saturated rings. The van der Waals surface area contributed by atoms with Crippen molar-refractivity contribution >= 4 is 52.3 Å². The number of amides is 3. The van der Waals surface area contributed by atoms with Crippen LogP contribution in [0, 0.1) is 10.1 Å². The highest BCUT2D eigenvalue weighted by Gasteiger charge is 2.16. The zero-order valence-electron chi connectivity index (χ0n) is 22.2. The summed E-state index contributed by atoms with van der Waals surface area (Å²) in [5.74, 6) is -0.625. The van der Waals surface area contributed by atoms with Crippen LogP contribution in [-0.2, 0) is 17.8 Å². The molecule has 0 aliphatic heterocycles. The number of aromatic nitrogens is 4. The maximum atomic E-state index is 11.8. The van der Waals surface area contributed by atoms with Crippen molar-refractivity contribution in [2.24, 2.45) is 0 Å². The molecule has 0 saturated carbocycles. The van der Waals surface area contributed by atoms with Gasteiger partial charge in [-0.1, -0.05) is 33.2 Å². The van der Waals surface area contributed by atoms with Gasteiger partial charge in [-0.3, -0.25) is 19.7 Å². The number of nitrogens with one attached hydrogen (secondary N) is 3. The van der Waals surface area contributed by atoms with E-state index in [4.69, 9.17) is 4.74 Å². The van der Waals surface area contributed by atoms with Crippen molar-refractivity contribution in [2.45, 2.75) is 39.5 Å². The Kier molecular flexibility index (Phi) is 10.9. The average molecular weight is 599 g/mol. The summed E-state index contributed by atoms with van der Waals surface area (Å²) in [6.45, 7) is 6.05. The van der Waals surface area contributed by atoms with E-state index in [1.54, 1.807) is 35.0 Å². The summed E-state index contributed by atoms with van der Waals surface area (Å²) in [4.78, 5) is 44.9. The molecule has 0 saturated heterocycles. The summed E-state index contributed by atoms with van der Waals surface area (Å²) in [5, 5.41) is 29.0. The van der Waals surface area contributed by atoms with Crippen LogP contribution in [0.1, 0.15) is 52.9 Å². The number of carbonyl (C=O) groups excluding carboxylic acids is 3. The van der Waals surface area contributed by atoms with Crippen LogP contribution in [0.25, 0.3) is 0 Å². The number of nitrogens with zero attached hydrogens (tertiary/aromatic N) is 5. The molecule has 0 atom stereocenters. The fraction of sp³-hybridized carbons (Fsp3) is 0.240. The number of hydrogen-bond donors (Lipinski definition) is 3. The van der Waals surface area contributed by atoms with Crippen LogP contribution in [0.4, 0.5) is 16.2 Å². The van der Waals surface area contributed by atoms with Gasteiger partial charge < -0.3 is 20.7 Å². The van der Waals surface area contributed by atoms with E-state index in [1.807, 2.05) is 32.9 Å². The molecule has 4 rings (SSSR count). The molecule has 4 aromatic rings. The normalized spacial score (nSPS) is 10.5. The lowest BCUT2D eigenvalue weighted by molar-refractivity contribution is -0.384. The Bertz CT molecular complexity index is 1440. The molecule has 2 aromatic heterocycles. The lowest BCUT2D eigenvalue weighted by Gasteiger charge is -2.19. The van der Waals surface area contributed by atoms with Gasteiger partial charge in [-0.15, -0.1) is 10.2 Å². The smallest absolute Gasteiger partial charge is 0.407 e. The first-order valence-electron chi connectivity index (χ1n) is 11.9. The van der Waals surface area contributed by atoms with Crippen molar-refractivity contribution < 1.29 is 24.0 Å². The lowest BCUT2D eigenvalue weighted by Crippen LogP contribution is -2.32. The molecule has 2 aromatic carbocycles. The molecule has 0 aliphatic rings. The minimum absolute atomic E-state index is 0.0220. The van der Waals surface area contributed by atoms with Crippen LogP contribution in [-0.4, -0.2) is 47.6 Å². The van der Waals surface area contributed by atoms with E-state index >= 15 is 0 Å². The number of hydrogen-bond acceptors (Lipinski definition) is 12. The van der Waals surface area contributed by atoms with Crippen LogP contribution >= 0.6 is 23.1 Å². The van der Waals surface area contributed by atoms with E-state index in [0.717, 1.165) is 34.2 Å². The van der Waals surface area contributed by atoms with Gasteiger partial charge in [0.25, 0.3) is 17.5 Å². The summed E-state index contributed by atoms with van der Waals surface area (Å²) in [6.07, 6.45) is -0.467. The van der Waals surface area contributed by atoms with E-state index < -0.39 is 16.6 Å². The molecule has 0 bridgehead atoms. The summed E-state index contributed by atoms with van der Waals surface area (Å²) < 4.78 is 12.4. The van der Waals surface area contributed by atoms with E-state index in [1.165, 1.54) is 12.1 Å². The fourth-order valence-electron chi connectivity index (χ4n) is 2.92. The zero-order valence-corrected chi connectivity index (χ0v) is 23.8. The molecule has 0 radical (unpaired) electrons. The van der Waals surface area contributed by atoms with Crippen molar-refractivity contribution in [3.8, 4) is 0 Å². The number of ether oxygens (including phenoxy) is 1. The largest absolute Gasteiger partial charge is 0.444 e. The minimum Gasteiger partial charge on any atom is -0.444 e. The lowest BCUT2D eigenvalue weighted by atomic mass is 10.2. The second-order valence-corrected chi connectivity index (χ2v) is 10.4. The second-order valence-electron chi connectivity index (χ2n) is 9.19. The molecule has 0 unspecified atom stereocenters. The fourth-order valence-corrected chi connectivity index (χ4v) is 3.80. The van der Waals surface area contributed by atoms with Gasteiger partial charge >= 0.3 is 6.09 Å². The van der Waals surface area contributed by atoms with Crippen molar-refractivity contribution in [3.05, 3.63) is 91.9 Å². The second kappa shape index (κ2) is 14.5. The number of non-ortho nitro benzene ring substituents is 1. The third-order valence-corrected chi connectivity index (χ3v) is 5.84. The van der Waals surface area contributed by atoms with Crippen LogP contribution in [0.3, 0.4) is 0 Å². The van der Waals surface area contributed by atoms with Crippen LogP contribution < -0.4 is 16.0 Å². The summed E-state index contributed by atoms with van der Waals surface area (Å²) in [6, 6.07) is 13.1. The highest BCUT2D eigenvalue weighted by molar-refractivity contribution is 7.03. The Hall–Kier alpha value is -4.83. The van der Waals surface area contributed by atoms with Gasteiger partial charge in [0.2, 0.25) is 0 Å². The number of nitro groups is 1. The Labute approximate surface area is 242 Å². The molecular formula is C25H26N8O6S2. The van der Waals surface area contributed by atoms with Gasteiger partial charge in [0.15, 0.2) is 11.4 Å². The maximum absolute atomic E-state index is 11.8. The molecule has 16 heteroatoms. The Morgan fingerprint density at radius 3 is 1.83 bits per heavy atom. The minimum atomic E-state index is -0.525. The molecule has 0 spiro atoms. The van der Waals surface area contributed by atoms with E-state index in [2.05, 4.69) is 35.1 Å². The van der Waals surface area contributed by atoms with Crippen molar-refractivity contribution in [3.63, 3.8) is 0 Å². The van der Waals surface area contributed by atoms with Gasteiger partial charge in [-0.05, 0) is 67.1 Å². The summed E-state index contributed by atoms with van der Waals surface area (Å²) in [5.41, 5.74) is 2.36. The number of benzene rings is 2. The summed E-state index contributed by atoms with van der Waals surface area (Å²) in [7, 11) is 0. The quantitative estimate of drug-likeness (QED) is 0.196. The first-order chi connectivity index (χ1) is 19.5. The zero-order chi connectivity index (χ0) is 29.8. The molecule has 214 valence electrons. The highest BCUT2D eigenvalue weighted by atomic mass is 32.1. The molecule has 14 nitrogen and oxygen atoms in total. The summed E-state index contributed by atoms with van der Waals surface area (Å²) >= 11 is 2.22. The molecule has 3 N–H and O–H groups in total. The standard InChI is InChI=1S/C15H18N4O3S.C10H8N4O3S/c1-15(2,3)22-14(21)16-8-10-4-6-11(7-5-10)17-13(20)12-9-23-19-18-12;15-10(9-6-18-13-12-9)11-5-7-1-3-8(4-2-7)14(16)17/h4-7,9H,8H2,1-3H3,(H,16,21)(H,17,20);1-4,6H,5H2,(H,11,15). The van der Waals surface area contributed by atoms with Gasteiger partial charge in [-0.2, -0.15) is 0 Å². The Morgan fingerprint density at radius 2 is 1.34 bits per heavy atom. The Morgan fingerprint density at radius 1 is 0.829 bits per heavy atom. The molecule has 41 heavy (non-hydrogen) atoms. The van der Waals surface area contributed by atoms with Crippen molar-refractivity contribution in [1.82, 2.24) is 29.8 Å². The molecule has 3 amide bonds. The highest BCUT2D eigenvalue weighted by Crippen LogP contribution is 2.13. The monoisotopic (exact) mass is 598 g/mol. The molecule has 0 aliphatic carbocycles. The van der Waals surface area contributed by atoms with Gasteiger partial charge in [0.1, 0.15) is 5.60 Å². The topological polar surface area (TPSA) is 191 Å². The first-order valence-corrected chi connectivity index (χ1v) is 13.6. The Balaban J connectivity index is 0.000000232.